The average molecular weight is 213 g/mol. The summed E-state index contributed by atoms with van der Waals surface area (Å²) in [4.78, 5) is 14.3. The van der Waals surface area contributed by atoms with Crippen molar-refractivity contribution in [3.05, 3.63) is 58.6 Å². The standard InChI is InChI=1S/C13H8FNO/c14-11-7-3-6-9-8-4-1-2-5-10(8)13(16)15-12(9)11/h1-7H,(H,15,16). The van der Waals surface area contributed by atoms with Gasteiger partial charge in [0.15, 0.2) is 0 Å². The molecule has 0 aliphatic carbocycles. The number of H-pyrrole nitrogens is 1. The zero-order valence-electron chi connectivity index (χ0n) is 8.33. The van der Waals surface area contributed by atoms with Crippen LogP contribution in [0.2, 0.25) is 0 Å². The molecule has 2 nitrogen and oxygen atoms in total. The Kier molecular flexibility index (Phi) is 1.80. The van der Waals surface area contributed by atoms with Gasteiger partial charge in [0.2, 0.25) is 0 Å². The van der Waals surface area contributed by atoms with Gasteiger partial charge in [-0.3, -0.25) is 4.79 Å². The number of aromatic amines is 1. The molecule has 0 unspecified atom stereocenters. The van der Waals surface area contributed by atoms with E-state index in [1.807, 2.05) is 12.1 Å². The lowest BCUT2D eigenvalue weighted by Gasteiger charge is -2.03. The van der Waals surface area contributed by atoms with Crippen LogP contribution in [-0.2, 0) is 0 Å². The minimum atomic E-state index is -0.402. The van der Waals surface area contributed by atoms with E-state index >= 15 is 0 Å². The first kappa shape index (κ1) is 9.09. The van der Waals surface area contributed by atoms with Gasteiger partial charge in [0.05, 0.1) is 5.52 Å². The van der Waals surface area contributed by atoms with Gasteiger partial charge in [-0.05, 0) is 17.5 Å². The van der Waals surface area contributed by atoms with Crippen LogP contribution in [0.4, 0.5) is 4.39 Å². The highest BCUT2D eigenvalue weighted by atomic mass is 19.1. The van der Waals surface area contributed by atoms with E-state index in [2.05, 4.69) is 4.98 Å². The minimum absolute atomic E-state index is 0.256. The lowest BCUT2D eigenvalue weighted by Crippen LogP contribution is -2.06. The molecule has 0 aliphatic heterocycles. The number of nitrogens with one attached hydrogen (secondary N) is 1. The molecular formula is C13H8FNO. The van der Waals surface area contributed by atoms with Gasteiger partial charge >= 0.3 is 0 Å². The van der Waals surface area contributed by atoms with E-state index in [4.69, 9.17) is 0 Å². The number of fused-ring (bicyclic) bond motifs is 3. The number of pyridine rings is 1. The van der Waals surface area contributed by atoms with Crippen LogP contribution in [0.25, 0.3) is 21.7 Å². The molecular weight excluding hydrogens is 205 g/mol. The summed E-state index contributed by atoms with van der Waals surface area (Å²) in [5, 5.41) is 2.09. The molecule has 3 rings (SSSR count). The minimum Gasteiger partial charge on any atom is -0.319 e. The molecule has 16 heavy (non-hydrogen) atoms. The van der Waals surface area contributed by atoms with Gasteiger partial charge in [-0.1, -0.05) is 30.3 Å². The van der Waals surface area contributed by atoms with E-state index < -0.39 is 5.82 Å². The fraction of sp³-hybridized carbons (Fsp3) is 0. The van der Waals surface area contributed by atoms with Gasteiger partial charge in [-0.15, -0.1) is 0 Å². The van der Waals surface area contributed by atoms with Crippen LogP contribution in [0, 0.1) is 5.82 Å². The van der Waals surface area contributed by atoms with Gasteiger partial charge in [-0.25, -0.2) is 4.39 Å². The molecule has 0 saturated carbocycles. The number of benzene rings is 2. The molecule has 0 bridgehead atoms. The van der Waals surface area contributed by atoms with Crippen molar-refractivity contribution in [3.63, 3.8) is 0 Å². The maximum Gasteiger partial charge on any atom is 0.256 e. The van der Waals surface area contributed by atoms with Crippen molar-refractivity contribution in [3.8, 4) is 0 Å². The van der Waals surface area contributed by atoms with E-state index in [-0.39, 0.29) is 11.1 Å². The SMILES string of the molecule is O=c1[nH]c2c(F)cccc2c2ccccc12. The molecule has 0 atom stereocenters. The van der Waals surface area contributed by atoms with Crippen molar-refractivity contribution in [1.29, 1.82) is 0 Å². The van der Waals surface area contributed by atoms with Gasteiger partial charge < -0.3 is 4.98 Å². The molecule has 1 heterocycles. The molecule has 0 aliphatic rings. The number of hydrogen-bond donors (Lipinski definition) is 1. The molecule has 78 valence electrons. The average Bonchev–Trinajstić information content (AvgIpc) is 2.31. The van der Waals surface area contributed by atoms with Crippen LogP contribution in [0.3, 0.4) is 0 Å². The lowest BCUT2D eigenvalue weighted by atomic mass is 10.1. The Labute approximate surface area is 90.3 Å². The van der Waals surface area contributed by atoms with Crippen molar-refractivity contribution < 1.29 is 4.39 Å². The van der Waals surface area contributed by atoms with Crippen molar-refractivity contribution in [2.75, 3.05) is 0 Å². The van der Waals surface area contributed by atoms with E-state index in [1.54, 1.807) is 24.3 Å². The predicted octanol–water partition coefficient (Wildman–Crippen LogP) is 2.82. The highest BCUT2D eigenvalue weighted by molar-refractivity contribution is 6.05. The third kappa shape index (κ3) is 1.15. The van der Waals surface area contributed by atoms with Crippen LogP contribution in [0.5, 0.6) is 0 Å². The molecule has 0 spiro atoms. The maximum atomic E-state index is 13.5. The van der Waals surface area contributed by atoms with E-state index in [0.29, 0.717) is 5.39 Å². The number of rotatable bonds is 0. The number of aromatic nitrogens is 1. The maximum absolute atomic E-state index is 13.5. The molecule has 2 aromatic carbocycles. The molecule has 0 saturated heterocycles. The van der Waals surface area contributed by atoms with Crippen molar-refractivity contribution in [1.82, 2.24) is 4.98 Å². The van der Waals surface area contributed by atoms with Crippen LogP contribution in [-0.4, -0.2) is 4.98 Å². The van der Waals surface area contributed by atoms with E-state index in [9.17, 15) is 9.18 Å². The second-order valence-corrected chi connectivity index (χ2v) is 3.66. The first-order valence-electron chi connectivity index (χ1n) is 4.96. The molecule has 0 fully saturated rings. The highest BCUT2D eigenvalue weighted by Gasteiger charge is 2.06. The Morgan fingerprint density at radius 1 is 0.875 bits per heavy atom. The molecule has 1 aromatic heterocycles. The molecule has 0 radical (unpaired) electrons. The normalized spacial score (nSPS) is 11.1. The van der Waals surface area contributed by atoms with Gasteiger partial charge in [0.1, 0.15) is 5.82 Å². The Morgan fingerprint density at radius 2 is 1.56 bits per heavy atom. The number of hydrogen-bond acceptors (Lipinski definition) is 1. The van der Waals surface area contributed by atoms with Gasteiger partial charge in [0.25, 0.3) is 5.56 Å². The van der Waals surface area contributed by atoms with Crippen molar-refractivity contribution in [2.24, 2.45) is 0 Å². The Hall–Kier alpha value is -2.16. The fourth-order valence-corrected chi connectivity index (χ4v) is 1.97. The monoisotopic (exact) mass is 213 g/mol. The largest absolute Gasteiger partial charge is 0.319 e. The third-order valence-corrected chi connectivity index (χ3v) is 2.71. The van der Waals surface area contributed by atoms with E-state index in [1.165, 1.54) is 6.07 Å². The smallest absolute Gasteiger partial charge is 0.256 e. The molecule has 0 amide bonds. The summed E-state index contributed by atoms with van der Waals surface area (Å²) in [6.45, 7) is 0. The summed E-state index contributed by atoms with van der Waals surface area (Å²) in [6, 6.07) is 12.0. The van der Waals surface area contributed by atoms with E-state index in [0.717, 1.165) is 10.8 Å². The number of halogens is 1. The summed E-state index contributed by atoms with van der Waals surface area (Å²) in [5.74, 6) is -0.402. The van der Waals surface area contributed by atoms with Crippen molar-refractivity contribution >= 4 is 21.7 Å². The Balaban J connectivity index is 2.70. The molecule has 1 N–H and O–H groups in total. The summed E-state index contributed by atoms with van der Waals surface area (Å²) in [7, 11) is 0. The summed E-state index contributed by atoms with van der Waals surface area (Å²) in [6.07, 6.45) is 0. The number of para-hydroxylation sites is 1. The second kappa shape index (κ2) is 3.17. The fourth-order valence-electron chi connectivity index (χ4n) is 1.97. The quantitative estimate of drug-likeness (QED) is 0.572. The summed E-state index contributed by atoms with van der Waals surface area (Å²) < 4.78 is 13.5. The summed E-state index contributed by atoms with van der Waals surface area (Å²) in [5.41, 5.74) is 0.0133. The van der Waals surface area contributed by atoms with Crippen LogP contribution >= 0.6 is 0 Å². The highest BCUT2D eigenvalue weighted by Crippen LogP contribution is 2.22. The molecule has 3 aromatic rings. The van der Waals surface area contributed by atoms with Crippen LogP contribution in [0.15, 0.2) is 47.3 Å². The summed E-state index contributed by atoms with van der Waals surface area (Å²) >= 11 is 0. The zero-order valence-corrected chi connectivity index (χ0v) is 8.33. The predicted molar refractivity (Wildman–Crippen MR) is 62.0 cm³/mol. The molecule has 3 heteroatoms. The second-order valence-electron chi connectivity index (χ2n) is 3.66. The zero-order chi connectivity index (χ0) is 11.1. The Bertz CT molecular complexity index is 746. The van der Waals surface area contributed by atoms with Crippen LogP contribution < -0.4 is 5.56 Å². The Morgan fingerprint density at radius 3 is 2.38 bits per heavy atom. The van der Waals surface area contributed by atoms with Gasteiger partial charge in [0, 0.05) is 10.8 Å². The van der Waals surface area contributed by atoms with Crippen molar-refractivity contribution in [2.45, 2.75) is 0 Å². The van der Waals surface area contributed by atoms with Gasteiger partial charge in [-0.2, -0.15) is 0 Å². The third-order valence-electron chi connectivity index (χ3n) is 2.71. The lowest BCUT2D eigenvalue weighted by molar-refractivity contribution is 0.636. The van der Waals surface area contributed by atoms with Crippen LogP contribution in [0.1, 0.15) is 0 Å². The first-order chi connectivity index (χ1) is 7.77. The topological polar surface area (TPSA) is 32.9 Å². The first-order valence-corrected chi connectivity index (χ1v) is 4.96.